The first-order valence-electron chi connectivity index (χ1n) is 8.91. The molecule has 3 N–H and O–H groups in total. The number of benzene rings is 2. The predicted octanol–water partition coefficient (Wildman–Crippen LogP) is 5.31. The molecular weight excluding hydrogens is 342 g/mol. The van der Waals surface area contributed by atoms with E-state index < -0.39 is 11.9 Å². The molecule has 5 heteroatoms. The summed E-state index contributed by atoms with van der Waals surface area (Å²) in [4.78, 5) is 26.8. The second-order valence-electron chi connectivity index (χ2n) is 9.13. The number of hydrogen-bond acceptors (Lipinski definition) is 2. The van der Waals surface area contributed by atoms with Crippen LogP contribution in [-0.4, -0.2) is 27.1 Å². The van der Waals surface area contributed by atoms with Gasteiger partial charge in [0.05, 0.1) is 22.2 Å². The Morgan fingerprint density at radius 2 is 1.04 bits per heavy atom. The Morgan fingerprint density at radius 3 is 1.30 bits per heavy atom. The van der Waals surface area contributed by atoms with Gasteiger partial charge in [-0.05, 0) is 46.2 Å². The first-order chi connectivity index (χ1) is 12.3. The molecule has 0 radical (unpaired) electrons. The molecular formula is C22H25NO4. The lowest BCUT2D eigenvalue weighted by Gasteiger charge is -2.21. The number of fused-ring (bicyclic) bond motifs is 3. The highest BCUT2D eigenvalue weighted by Crippen LogP contribution is 2.37. The third-order valence-electron chi connectivity index (χ3n) is 5.01. The van der Waals surface area contributed by atoms with E-state index in [1.807, 2.05) is 53.7 Å². The molecule has 0 aliphatic heterocycles. The molecule has 142 valence electrons. The molecule has 2 aromatic carbocycles. The largest absolute Gasteiger partial charge is 0.478 e. The molecule has 5 nitrogen and oxygen atoms in total. The summed E-state index contributed by atoms with van der Waals surface area (Å²) in [7, 11) is 0. The third kappa shape index (κ3) is 3.18. The number of aromatic amines is 1. The van der Waals surface area contributed by atoms with Crippen LogP contribution in [0.5, 0.6) is 0 Å². The van der Waals surface area contributed by atoms with Crippen molar-refractivity contribution in [2.75, 3.05) is 0 Å². The van der Waals surface area contributed by atoms with Gasteiger partial charge in [-0.1, -0.05) is 41.5 Å². The van der Waals surface area contributed by atoms with Gasteiger partial charge in [0.25, 0.3) is 0 Å². The Morgan fingerprint density at radius 1 is 0.704 bits per heavy atom. The second-order valence-corrected chi connectivity index (χ2v) is 9.13. The number of nitrogens with one attached hydrogen (secondary N) is 1. The van der Waals surface area contributed by atoms with Gasteiger partial charge in [0.2, 0.25) is 0 Å². The van der Waals surface area contributed by atoms with E-state index >= 15 is 0 Å². The molecule has 0 fully saturated rings. The zero-order chi connectivity index (χ0) is 20.3. The molecule has 0 amide bonds. The van der Waals surface area contributed by atoms with Crippen LogP contribution in [0.15, 0.2) is 24.3 Å². The van der Waals surface area contributed by atoms with Gasteiger partial charge in [0, 0.05) is 10.8 Å². The van der Waals surface area contributed by atoms with Gasteiger partial charge in [-0.25, -0.2) is 9.59 Å². The van der Waals surface area contributed by atoms with E-state index in [0.29, 0.717) is 11.0 Å². The zero-order valence-corrected chi connectivity index (χ0v) is 16.5. The number of aromatic nitrogens is 1. The van der Waals surface area contributed by atoms with Crippen molar-refractivity contribution in [1.82, 2.24) is 4.98 Å². The maximum absolute atomic E-state index is 11.9. The quantitative estimate of drug-likeness (QED) is 0.572. The maximum Gasteiger partial charge on any atom is 0.337 e. The summed E-state index contributed by atoms with van der Waals surface area (Å²) >= 11 is 0. The average Bonchev–Trinajstić information content (AvgIpc) is 2.89. The van der Waals surface area contributed by atoms with Crippen LogP contribution in [0.1, 0.15) is 73.4 Å². The number of carbonyl (C=O) groups is 2. The molecule has 1 aromatic heterocycles. The van der Waals surface area contributed by atoms with Crippen molar-refractivity contribution in [2.24, 2.45) is 0 Å². The van der Waals surface area contributed by atoms with Gasteiger partial charge >= 0.3 is 11.9 Å². The summed E-state index contributed by atoms with van der Waals surface area (Å²) in [6, 6.07) is 7.29. The fraction of sp³-hybridized carbons (Fsp3) is 0.364. The third-order valence-corrected chi connectivity index (χ3v) is 5.01. The summed E-state index contributed by atoms with van der Waals surface area (Å²) in [5.74, 6) is -2.07. The highest BCUT2D eigenvalue weighted by Gasteiger charge is 2.25. The normalized spacial score (nSPS) is 12.7. The van der Waals surface area contributed by atoms with Gasteiger partial charge in [-0.3, -0.25) is 0 Å². The van der Waals surface area contributed by atoms with Gasteiger partial charge < -0.3 is 15.2 Å². The van der Waals surface area contributed by atoms with Crippen molar-refractivity contribution in [1.29, 1.82) is 0 Å². The van der Waals surface area contributed by atoms with Crippen molar-refractivity contribution in [3.05, 3.63) is 46.5 Å². The SMILES string of the molecule is CC(C)(C)c1cc(C(=O)O)c2[nH]c3c(C(=O)O)cc(C(C)(C)C)cc3c2c1. The highest BCUT2D eigenvalue weighted by molar-refractivity contribution is 6.18. The van der Waals surface area contributed by atoms with Crippen molar-refractivity contribution >= 4 is 33.7 Å². The minimum atomic E-state index is -1.04. The van der Waals surface area contributed by atoms with Crippen LogP contribution in [0.25, 0.3) is 21.8 Å². The van der Waals surface area contributed by atoms with Crippen LogP contribution in [-0.2, 0) is 10.8 Å². The molecule has 0 spiro atoms. The monoisotopic (exact) mass is 367 g/mol. The Bertz CT molecular complexity index is 1010. The van der Waals surface area contributed by atoms with Crippen LogP contribution in [0.2, 0.25) is 0 Å². The molecule has 0 atom stereocenters. The molecule has 1 heterocycles. The van der Waals surface area contributed by atoms with E-state index in [0.717, 1.165) is 21.9 Å². The van der Waals surface area contributed by atoms with E-state index in [1.165, 1.54) is 0 Å². The molecule has 3 rings (SSSR count). The molecule has 3 aromatic rings. The number of carboxylic acid groups (broad SMARTS) is 2. The van der Waals surface area contributed by atoms with E-state index in [2.05, 4.69) is 4.98 Å². The van der Waals surface area contributed by atoms with Crippen molar-refractivity contribution in [3.8, 4) is 0 Å². The number of hydrogen-bond donors (Lipinski definition) is 3. The van der Waals surface area contributed by atoms with Gasteiger partial charge in [0.1, 0.15) is 0 Å². The van der Waals surface area contributed by atoms with E-state index in [-0.39, 0.29) is 22.0 Å². The van der Waals surface area contributed by atoms with E-state index in [1.54, 1.807) is 12.1 Å². The summed E-state index contributed by atoms with van der Waals surface area (Å²) in [6.07, 6.45) is 0. The fourth-order valence-corrected chi connectivity index (χ4v) is 3.31. The smallest absolute Gasteiger partial charge is 0.337 e. The first-order valence-corrected chi connectivity index (χ1v) is 8.91. The molecule has 0 unspecified atom stereocenters. The summed E-state index contributed by atoms with van der Waals surface area (Å²) < 4.78 is 0. The average molecular weight is 367 g/mol. The van der Waals surface area contributed by atoms with E-state index in [4.69, 9.17) is 0 Å². The van der Waals surface area contributed by atoms with Crippen LogP contribution in [0.3, 0.4) is 0 Å². The minimum absolute atomic E-state index is 0.155. The Labute approximate surface area is 158 Å². The maximum atomic E-state index is 11.9. The van der Waals surface area contributed by atoms with Crippen molar-refractivity contribution in [3.63, 3.8) is 0 Å². The van der Waals surface area contributed by atoms with Gasteiger partial charge in [0.15, 0.2) is 0 Å². The lowest BCUT2D eigenvalue weighted by molar-refractivity contribution is 0.0688. The van der Waals surface area contributed by atoms with Gasteiger partial charge in [-0.15, -0.1) is 0 Å². The predicted molar refractivity (Wildman–Crippen MR) is 107 cm³/mol. The summed E-state index contributed by atoms with van der Waals surface area (Å²) in [6.45, 7) is 12.2. The molecule has 27 heavy (non-hydrogen) atoms. The molecule has 0 aliphatic carbocycles. The van der Waals surface area contributed by atoms with Gasteiger partial charge in [-0.2, -0.15) is 0 Å². The minimum Gasteiger partial charge on any atom is -0.478 e. The fourth-order valence-electron chi connectivity index (χ4n) is 3.31. The zero-order valence-electron chi connectivity index (χ0n) is 16.5. The van der Waals surface area contributed by atoms with Crippen LogP contribution >= 0.6 is 0 Å². The van der Waals surface area contributed by atoms with E-state index in [9.17, 15) is 19.8 Å². The van der Waals surface area contributed by atoms with Crippen LogP contribution in [0, 0.1) is 0 Å². The standard InChI is InChI=1S/C22H25NO4/c1-21(2,3)11-7-13-14-8-12(22(4,5)6)10-16(20(26)27)18(14)23-17(13)15(9-11)19(24)25/h7-10,23H,1-6H3,(H,24,25)(H,26,27). The second kappa shape index (κ2) is 5.84. The molecule has 0 aliphatic rings. The summed E-state index contributed by atoms with van der Waals surface area (Å²) in [5.41, 5.74) is 2.54. The van der Waals surface area contributed by atoms with Crippen LogP contribution < -0.4 is 0 Å². The number of aromatic carboxylic acids is 2. The molecule has 0 saturated heterocycles. The Balaban J connectivity index is 2.55. The topological polar surface area (TPSA) is 90.4 Å². The molecule has 0 saturated carbocycles. The lowest BCUT2D eigenvalue weighted by atomic mass is 9.83. The van der Waals surface area contributed by atoms with Crippen LogP contribution in [0.4, 0.5) is 0 Å². The van der Waals surface area contributed by atoms with Crippen molar-refractivity contribution < 1.29 is 19.8 Å². The Kier molecular flexibility index (Phi) is 4.10. The lowest BCUT2D eigenvalue weighted by Crippen LogP contribution is -2.13. The highest BCUT2D eigenvalue weighted by atomic mass is 16.4. The number of rotatable bonds is 2. The summed E-state index contributed by atoms with van der Waals surface area (Å²) in [5, 5.41) is 20.9. The number of carboxylic acids is 2. The first kappa shape index (κ1) is 19.0. The Hall–Kier alpha value is -2.82. The van der Waals surface area contributed by atoms with Crippen molar-refractivity contribution in [2.45, 2.75) is 52.4 Å². The number of H-pyrrole nitrogens is 1. The molecule has 0 bridgehead atoms.